The zero-order valence-corrected chi connectivity index (χ0v) is 13.8. The molecule has 2 aromatic carbocycles. The van der Waals surface area contributed by atoms with Gasteiger partial charge in [0.25, 0.3) is 5.91 Å². The molecule has 1 aliphatic rings. The van der Waals surface area contributed by atoms with Crippen molar-refractivity contribution < 1.29 is 4.79 Å². The van der Waals surface area contributed by atoms with E-state index in [1.54, 1.807) is 0 Å². The number of H-pyrrole nitrogens is 1. The van der Waals surface area contributed by atoms with Crippen molar-refractivity contribution in [3.8, 4) is 11.1 Å². The lowest BCUT2D eigenvalue weighted by atomic mass is 10.0. The number of nitrogens with zero attached hydrogens (tertiary/aromatic N) is 2. The first-order valence-corrected chi connectivity index (χ1v) is 8.53. The molecular formula is C20H21N3O. The van der Waals surface area contributed by atoms with Gasteiger partial charge in [-0.1, -0.05) is 31.0 Å². The minimum Gasteiger partial charge on any atom is -0.339 e. The van der Waals surface area contributed by atoms with E-state index in [9.17, 15) is 4.79 Å². The minimum absolute atomic E-state index is 0.124. The van der Waals surface area contributed by atoms with Crippen LogP contribution in [0.1, 0.15) is 36.0 Å². The Balaban J connectivity index is 1.56. The first-order chi connectivity index (χ1) is 11.7. The number of hydrogen-bond acceptors (Lipinski definition) is 2. The summed E-state index contributed by atoms with van der Waals surface area (Å²) in [7, 11) is 1.93. The maximum atomic E-state index is 12.6. The standard InChI is InChI=1S/C20H21N3O/c1-23(18-4-2-3-5-18)20(24)15-8-6-14(7-9-15)16-10-11-19-17(12-16)13-21-22-19/h6-13,18H,2-5H2,1H3,(H,21,22). The van der Waals surface area contributed by atoms with Gasteiger partial charge in [-0.2, -0.15) is 5.10 Å². The topological polar surface area (TPSA) is 49.0 Å². The van der Waals surface area contributed by atoms with Crippen LogP contribution in [0, 0.1) is 0 Å². The molecule has 1 fully saturated rings. The van der Waals surface area contributed by atoms with Crippen molar-refractivity contribution in [3.05, 3.63) is 54.2 Å². The van der Waals surface area contributed by atoms with Gasteiger partial charge in [0.05, 0.1) is 11.7 Å². The third kappa shape index (κ3) is 2.68. The van der Waals surface area contributed by atoms with Gasteiger partial charge in [-0.05, 0) is 48.2 Å². The smallest absolute Gasteiger partial charge is 0.253 e. The summed E-state index contributed by atoms with van der Waals surface area (Å²) in [5.74, 6) is 0.124. The van der Waals surface area contributed by atoms with Gasteiger partial charge in [-0.15, -0.1) is 0 Å². The number of carbonyl (C=O) groups excluding carboxylic acids is 1. The van der Waals surface area contributed by atoms with Crippen LogP contribution in [0.25, 0.3) is 22.0 Å². The van der Waals surface area contributed by atoms with E-state index in [0.29, 0.717) is 6.04 Å². The summed E-state index contributed by atoms with van der Waals surface area (Å²) in [6, 6.07) is 14.5. The summed E-state index contributed by atoms with van der Waals surface area (Å²) in [6.07, 6.45) is 6.55. The molecule has 0 saturated heterocycles. The molecule has 3 aromatic rings. The van der Waals surface area contributed by atoms with Gasteiger partial charge in [0.2, 0.25) is 0 Å². The van der Waals surface area contributed by atoms with E-state index in [1.807, 2.05) is 48.5 Å². The third-order valence-corrected chi connectivity index (χ3v) is 5.10. The van der Waals surface area contributed by atoms with Crippen molar-refractivity contribution in [3.63, 3.8) is 0 Å². The molecule has 4 nitrogen and oxygen atoms in total. The molecule has 0 aliphatic heterocycles. The van der Waals surface area contributed by atoms with E-state index in [2.05, 4.69) is 22.3 Å². The minimum atomic E-state index is 0.124. The first-order valence-electron chi connectivity index (χ1n) is 8.53. The van der Waals surface area contributed by atoms with Gasteiger partial charge in [-0.25, -0.2) is 0 Å². The fraction of sp³-hybridized carbons (Fsp3) is 0.300. The molecule has 1 heterocycles. The molecule has 0 unspecified atom stereocenters. The number of nitrogens with one attached hydrogen (secondary N) is 1. The van der Waals surface area contributed by atoms with Crippen LogP contribution in [0.4, 0.5) is 0 Å². The van der Waals surface area contributed by atoms with Crippen molar-refractivity contribution in [2.75, 3.05) is 7.05 Å². The normalized spacial score (nSPS) is 15.0. The van der Waals surface area contributed by atoms with E-state index >= 15 is 0 Å². The van der Waals surface area contributed by atoms with Gasteiger partial charge >= 0.3 is 0 Å². The predicted octanol–water partition coefficient (Wildman–Crippen LogP) is 4.24. The Kier molecular flexibility index (Phi) is 3.81. The number of carbonyl (C=O) groups is 1. The van der Waals surface area contributed by atoms with Gasteiger partial charge in [-0.3, -0.25) is 9.89 Å². The monoisotopic (exact) mass is 319 g/mol. The van der Waals surface area contributed by atoms with Crippen molar-refractivity contribution in [2.24, 2.45) is 0 Å². The van der Waals surface area contributed by atoms with E-state index in [1.165, 1.54) is 12.8 Å². The number of aromatic amines is 1. The van der Waals surface area contributed by atoms with Gasteiger partial charge in [0.15, 0.2) is 0 Å². The number of rotatable bonds is 3. The van der Waals surface area contributed by atoms with Gasteiger partial charge in [0, 0.05) is 24.0 Å². The fourth-order valence-electron chi connectivity index (χ4n) is 3.59. The molecule has 0 atom stereocenters. The summed E-state index contributed by atoms with van der Waals surface area (Å²) in [5, 5.41) is 8.11. The third-order valence-electron chi connectivity index (χ3n) is 5.10. The zero-order valence-electron chi connectivity index (χ0n) is 13.8. The SMILES string of the molecule is CN(C(=O)c1ccc(-c2ccc3[nH]ncc3c2)cc1)C1CCCC1. The zero-order chi connectivity index (χ0) is 16.5. The maximum absolute atomic E-state index is 12.6. The average Bonchev–Trinajstić information content (AvgIpc) is 3.31. The molecule has 24 heavy (non-hydrogen) atoms. The van der Waals surface area contributed by atoms with Crippen molar-refractivity contribution in [1.29, 1.82) is 0 Å². The van der Waals surface area contributed by atoms with Crippen LogP contribution < -0.4 is 0 Å². The van der Waals surface area contributed by atoms with Crippen molar-refractivity contribution >= 4 is 16.8 Å². The highest BCUT2D eigenvalue weighted by Gasteiger charge is 2.24. The summed E-state index contributed by atoms with van der Waals surface area (Å²) < 4.78 is 0. The van der Waals surface area contributed by atoms with Crippen LogP contribution in [-0.2, 0) is 0 Å². The summed E-state index contributed by atoms with van der Waals surface area (Å²) >= 11 is 0. The van der Waals surface area contributed by atoms with E-state index in [-0.39, 0.29) is 5.91 Å². The highest BCUT2D eigenvalue weighted by Crippen LogP contribution is 2.26. The van der Waals surface area contributed by atoms with E-state index in [0.717, 1.165) is 40.4 Å². The molecule has 0 spiro atoms. The largest absolute Gasteiger partial charge is 0.339 e. The number of fused-ring (bicyclic) bond motifs is 1. The molecule has 0 bridgehead atoms. The Morgan fingerprint density at radius 1 is 1.08 bits per heavy atom. The highest BCUT2D eigenvalue weighted by molar-refractivity contribution is 5.95. The van der Waals surface area contributed by atoms with Gasteiger partial charge in [0.1, 0.15) is 0 Å². The first kappa shape index (κ1) is 14.9. The number of aromatic nitrogens is 2. The van der Waals surface area contributed by atoms with Crippen LogP contribution in [0.2, 0.25) is 0 Å². The summed E-state index contributed by atoms with van der Waals surface area (Å²) in [4.78, 5) is 14.5. The molecule has 0 radical (unpaired) electrons. The van der Waals surface area contributed by atoms with E-state index in [4.69, 9.17) is 0 Å². The molecule has 4 heteroatoms. The van der Waals surface area contributed by atoms with Crippen molar-refractivity contribution in [1.82, 2.24) is 15.1 Å². The number of benzene rings is 2. The second-order valence-electron chi connectivity index (χ2n) is 6.60. The lowest BCUT2D eigenvalue weighted by Gasteiger charge is -2.24. The van der Waals surface area contributed by atoms with Crippen LogP contribution in [0.5, 0.6) is 0 Å². The van der Waals surface area contributed by atoms with Crippen LogP contribution in [0.15, 0.2) is 48.7 Å². The Morgan fingerprint density at radius 3 is 2.54 bits per heavy atom. The molecule has 1 aromatic heterocycles. The molecule has 1 N–H and O–H groups in total. The molecule has 1 saturated carbocycles. The van der Waals surface area contributed by atoms with Crippen LogP contribution in [-0.4, -0.2) is 34.1 Å². The molecule has 1 aliphatic carbocycles. The number of hydrogen-bond donors (Lipinski definition) is 1. The summed E-state index contributed by atoms with van der Waals surface area (Å²) in [6.45, 7) is 0. The second kappa shape index (κ2) is 6.11. The molecule has 122 valence electrons. The maximum Gasteiger partial charge on any atom is 0.253 e. The lowest BCUT2D eigenvalue weighted by Crippen LogP contribution is -2.35. The predicted molar refractivity (Wildman–Crippen MR) is 95.9 cm³/mol. The fourth-order valence-corrected chi connectivity index (χ4v) is 3.59. The Hall–Kier alpha value is -2.62. The molecular weight excluding hydrogens is 298 g/mol. The Morgan fingerprint density at radius 2 is 1.79 bits per heavy atom. The molecule has 4 rings (SSSR count). The number of amides is 1. The molecule has 1 amide bonds. The highest BCUT2D eigenvalue weighted by atomic mass is 16.2. The van der Waals surface area contributed by atoms with Gasteiger partial charge < -0.3 is 4.90 Å². The Labute approximate surface area is 141 Å². The van der Waals surface area contributed by atoms with E-state index < -0.39 is 0 Å². The second-order valence-corrected chi connectivity index (χ2v) is 6.60. The van der Waals surface area contributed by atoms with Crippen LogP contribution in [0.3, 0.4) is 0 Å². The quantitative estimate of drug-likeness (QED) is 0.785. The van der Waals surface area contributed by atoms with Crippen molar-refractivity contribution in [2.45, 2.75) is 31.7 Å². The average molecular weight is 319 g/mol. The lowest BCUT2D eigenvalue weighted by molar-refractivity contribution is 0.0735. The van der Waals surface area contributed by atoms with Crippen LogP contribution >= 0.6 is 0 Å². The Bertz CT molecular complexity index is 860. The summed E-state index contributed by atoms with van der Waals surface area (Å²) in [5.41, 5.74) is 4.03.